The van der Waals surface area contributed by atoms with Gasteiger partial charge >= 0.3 is 5.97 Å². The van der Waals surface area contributed by atoms with Crippen molar-refractivity contribution in [2.75, 3.05) is 18.0 Å². The van der Waals surface area contributed by atoms with Crippen molar-refractivity contribution in [1.82, 2.24) is 0 Å². The summed E-state index contributed by atoms with van der Waals surface area (Å²) in [6, 6.07) is 8.05. The Bertz CT molecular complexity index is 386. The first kappa shape index (κ1) is 12.3. The minimum atomic E-state index is -0.667. The van der Waals surface area contributed by atoms with E-state index in [0.29, 0.717) is 0 Å². The molecule has 1 aromatic rings. The lowest BCUT2D eigenvalue weighted by Crippen LogP contribution is -2.36. The van der Waals surface area contributed by atoms with Crippen LogP contribution in [-0.4, -0.2) is 24.2 Å². The van der Waals surface area contributed by atoms with Gasteiger partial charge in [-0.05, 0) is 49.1 Å². The first-order valence-electron chi connectivity index (χ1n) is 5.65. The van der Waals surface area contributed by atoms with E-state index < -0.39 is 5.97 Å². The van der Waals surface area contributed by atoms with Gasteiger partial charge in [-0.1, -0.05) is 0 Å². The summed E-state index contributed by atoms with van der Waals surface area (Å²) in [7, 11) is 0. The van der Waals surface area contributed by atoms with Gasteiger partial charge in [-0.3, -0.25) is 9.93 Å². The monoisotopic (exact) mass is 252 g/mol. The number of nitrogens with two attached hydrogens (primary N) is 1. The van der Waals surface area contributed by atoms with Crippen LogP contribution in [0.3, 0.4) is 0 Å². The average molecular weight is 252 g/mol. The van der Waals surface area contributed by atoms with E-state index in [4.69, 9.17) is 10.2 Å². The van der Waals surface area contributed by atoms with Crippen molar-refractivity contribution in [3.05, 3.63) is 24.3 Å². The van der Waals surface area contributed by atoms with Crippen molar-refractivity contribution >= 4 is 23.6 Å². The molecule has 0 unspecified atom stereocenters. The van der Waals surface area contributed by atoms with E-state index >= 15 is 0 Å². The molecule has 1 fully saturated rings. The summed E-state index contributed by atoms with van der Waals surface area (Å²) in [6.07, 6.45) is 1.45. The molecular formula is C12H16N2O2S. The number of aliphatic carboxylic acids is 1. The maximum atomic E-state index is 10.8. The molecule has 3 N–H and O–H groups in total. The molecule has 0 atom stereocenters. The van der Waals surface area contributed by atoms with Crippen molar-refractivity contribution in [3.63, 3.8) is 0 Å². The molecule has 5 heteroatoms. The van der Waals surface area contributed by atoms with Gasteiger partial charge in [-0.2, -0.15) is 0 Å². The zero-order chi connectivity index (χ0) is 12.3. The molecule has 0 amide bonds. The van der Waals surface area contributed by atoms with Gasteiger partial charge in [0.1, 0.15) is 0 Å². The standard InChI is InChI=1S/C12H16N2O2S/c13-17-11-3-1-10(2-4-11)14-7-5-9(6-8-14)12(15)16/h1-4,9H,5-8,13H2,(H,15,16). The first-order valence-corrected chi connectivity index (χ1v) is 6.53. The zero-order valence-electron chi connectivity index (χ0n) is 9.50. The molecule has 17 heavy (non-hydrogen) atoms. The fraction of sp³-hybridized carbons (Fsp3) is 0.417. The number of piperidine rings is 1. The zero-order valence-corrected chi connectivity index (χ0v) is 10.3. The van der Waals surface area contributed by atoms with E-state index in [1.54, 1.807) is 0 Å². The molecule has 1 saturated heterocycles. The van der Waals surface area contributed by atoms with Crippen molar-refractivity contribution in [3.8, 4) is 0 Å². The number of hydrogen-bond donors (Lipinski definition) is 2. The number of rotatable bonds is 3. The van der Waals surface area contributed by atoms with E-state index in [1.807, 2.05) is 24.3 Å². The second kappa shape index (κ2) is 5.42. The highest BCUT2D eigenvalue weighted by molar-refractivity contribution is 7.97. The minimum absolute atomic E-state index is 0.176. The molecule has 1 aromatic carbocycles. The van der Waals surface area contributed by atoms with E-state index in [0.717, 1.165) is 36.5 Å². The van der Waals surface area contributed by atoms with Crippen LogP contribution in [0.15, 0.2) is 29.2 Å². The highest BCUT2D eigenvalue weighted by Crippen LogP contribution is 2.24. The maximum Gasteiger partial charge on any atom is 0.306 e. The van der Waals surface area contributed by atoms with Crippen molar-refractivity contribution < 1.29 is 9.90 Å². The van der Waals surface area contributed by atoms with Gasteiger partial charge in [0.15, 0.2) is 0 Å². The number of nitrogens with zero attached hydrogens (tertiary/aromatic N) is 1. The van der Waals surface area contributed by atoms with Crippen molar-refractivity contribution in [2.45, 2.75) is 17.7 Å². The number of carboxylic acid groups (broad SMARTS) is 1. The smallest absolute Gasteiger partial charge is 0.306 e. The second-order valence-electron chi connectivity index (χ2n) is 4.21. The Morgan fingerprint density at radius 1 is 1.29 bits per heavy atom. The van der Waals surface area contributed by atoms with Crippen LogP contribution in [-0.2, 0) is 4.79 Å². The lowest BCUT2D eigenvalue weighted by atomic mass is 9.97. The summed E-state index contributed by atoms with van der Waals surface area (Å²) in [5, 5.41) is 14.4. The first-order chi connectivity index (χ1) is 8.20. The van der Waals surface area contributed by atoms with Crippen molar-refractivity contribution in [1.29, 1.82) is 0 Å². The Hall–Kier alpha value is -1.20. The van der Waals surface area contributed by atoms with Gasteiger partial charge in [0, 0.05) is 23.7 Å². The lowest BCUT2D eigenvalue weighted by Gasteiger charge is -2.31. The van der Waals surface area contributed by atoms with Crippen LogP contribution < -0.4 is 10.0 Å². The fourth-order valence-electron chi connectivity index (χ4n) is 2.12. The minimum Gasteiger partial charge on any atom is -0.481 e. The van der Waals surface area contributed by atoms with Crippen LogP contribution in [0, 0.1) is 5.92 Å². The molecule has 1 aliphatic rings. The second-order valence-corrected chi connectivity index (χ2v) is 4.92. The van der Waals surface area contributed by atoms with E-state index in [2.05, 4.69) is 4.90 Å². The Balaban J connectivity index is 1.97. The topological polar surface area (TPSA) is 66.6 Å². The van der Waals surface area contributed by atoms with Gasteiger partial charge in [-0.25, -0.2) is 0 Å². The molecule has 0 aliphatic carbocycles. The predicted molar refractivity (Wildman–Crippen MR) is 69.1 cm³/mol. The number of carboxylic acids is 1. The fourth-order valence-corrected chi connectivity index (χ4v) is 2.41. The highest BCUT2D eigenvalue weighted by atomic mass is 32.2. The van der Waals surface area contributed by atoms with Gasteiger partial charge < -0.3 is 10.0 Å². The summed E-state index contributed by atoms with van der Waals surface area (Å²) >= 11 is 1.23. The van der Waals surface area contributed by atoms with Gasteiger partial charge in [0.05, 0.1) is 5.92 Å². The SMILES string of the molecule is NSc1ccc(N2CCC(C(=O)O)CC2)cc1. The van der Waals surface area contributed by atoms with Crippen molar-refractivity contribution in [2.24, 2.45) is 11.1 Å². The summed E-state index contributed by atoms with van der Waals surface area (Å²) in [4.78, 5) is 14.1. The normalized spacial score (nSPS) is 17.1. The van der Waals surface area contributed by atoms with Gasteiger partial charge in [0.25, 0.3) is 0 Å². The van der Waals surface area contributed by atoms with E-state index in [1.165, 1.54) is 11.9 Å². The Morgan fingerprint density at radius 2 is 1.88 bits per heavy atom. The molecule has 0 aromatic heterocycles. The van der Waals surface area contributed by atoms with Gasteiger partial charge in [0.2, 0.25) is 0 Å². The number of carbonyl (C=O) groups is 1. The third-order valence-corrected chi connectivity index (χ3v) is 3.73. The molecule has 2 rings (SSSR count). The number of hydrogen-bond acceptors (Lipinski definition) is 4. The van der Waals surface area contributed by atoms with Crippen LogP contribution in [0.2, 0.25) is 0 Å². The summed E-state index contributed by atoms with van der Waals surface area (Å²) in [6.45, 7) is 1.62. The molecule has 0 bridgehead atoms. The number of benzene rings is 1. The third-order valence-electron chi connectivity index (χ3n) is 3.18. The Labute approximate surface area is 105 Å². The molecule has 1 aliphatic heterocycles. The van der Waals surface area contributed by atoms with E-state index in [9.17, 15) is 4.79 Å². The summed E-state index contributed by atoms with van der Waals surface area (Å²) in [5.74, 6) is -0.843. The molecule has 0 radical (unpaired) electrons. The molecule has 1 heterocycles. The molecule has 4 nitrogen and oxygen atoms in total. The van der Waals surface area contributed by atoms with Crippen LogP contribution in [0.25, 0.3) is 0 Å². The average Bonchev–Trinajstić information content (AvgIpc) is 2.39. The summed E-state index contributed by atoms with van der Waals surface area (Å²) < 4.78 is 0. The Morgan fingerprint density at radius 3 is 2.35 bits per heavy atom. The Kier molecular flexibility index (Phi) is 3.91. The van der Waals surface area contributed by atoms with Crippen LogP contribution in [0.4, 0.5) is 5.69 Å². The molecule has 0 saturated carbocycles. The largest absolute Gasteiger partial charge is 0.481 e. The lowest BCUT2D eigenvalue weighted by molar-refractivity contribution is -0.142. The predicted octanol–water partition coefficient (Wildman–Crippen LogP) is 1.95. The van der Waals surface area contributed by atoms with Crippen LogP contribution in [0.1, 0.15) is 12.8 Å². The van der Waals surface area contributed by atoms with E-state index in [-0.39, 0.29) is 5.92 Å². The van der Waals surface area contributed by atoms with Gasteiger partial charge in [-0.15, -0.1) is 0 Å². The number of anilines is 1. The summed E-state index contributed by atoms with van der Waals surface area (Å²) in [5.41, 5.74) is 1.15. The van der Waals surface area contributed by atoms with Crippen LogP contribution >= 0.6 is 11.9 Å². The quantitative estimate of drug-likeness (QED) is 0.805. The highest BCUT2D eigenvalue weighted by Gasteiger charge is 2.24. The molecular weight excluding hydrogens is 236 g/mol. The molecule has 0 spiro atoms. The van der Waals surface area contributed by atoms with Crippen LogP contribution in [0.5, 0.6) is 0 Å². The third kappa shape index (κ3) is 2.92. The molecule has 92 valence electrons. The maximum absolute atomic E-state index is 10.8.